The molecule has 72 valence electrons. The molecule has 1 rings (SSSR count). The van der Waals surface area contributed by atoms with Crippen molar-refractivity contribution >= 4 is 25.3 Å². The highest BCUT2D eigenvalue weighted by molar-refractivity contribution is 7.85. The second kappa shape index (κ2) is 4.28. The molecule has 2 heteroatoms. The summed E-state index contributed by atoms with van der Waals surface area (Å²) in [5.41, 5.74) is 0. The second-order valence-corrected chi connectivity index (χ2v) is 5.97. The van der Waals surface area contributed by atoms with E-state index in [1.165, 1.54) is 32.1 Å². The Hall–Kier alpha value is 0.700. The zero-order valence-electron chi connectivity index (χ0n) is 8.08. The zero-order chi connectivity index (χ0) is 9.19. The molecule has 1 aliphatic carbocycles. The Morgan fingerprint density at radius 3 is 2.17 bits per heavy atom. The lowest BCUT2D eigenvalue weighted by Crippen LogP contribution is -2.30. The Labute approximate surface area is 87.3 Å². The minimum atomic E-state index is 0.243. The van der Waals surface area contributed by atoms with Crippen LogP contribution in [0.1, 0.15) is 46.0 Å². The van der Waals surface area contributed by atoms with E-state index in [4.69, 9.17) is 12.6 Å². The molecule has 1 unspecified atom stereocenters. The van der Waals surface area contributed by atoms with E-state index >= 15 is 0 Å². The lowest BCUT2D eigenvalue weighted by molar-refractivity contribution is 0.484. The van der Waals surface area contributed by atoms with Gasteiger partial charge in [-0.1, -0.05) is 26.7 Å². The first-order chi connectivity index (χ1) is 5.54. The van der Waals surface area contributed by atoms with Crippen LogP contribution >= 0.6 is 25.3 Å². The molecule has 1 fully saturated rings. The van der Waals surface area contributed by atoms with Gasteiger partial charge in [-0.3, -0.25) is 0 Å². The summed E-state index contributed by atoms with van der Waals surface area (Å²) < 4.78 is 0.243. The minimum Gasteiger partial charge on any atom is -0.174 e. The highest BCUT2D eigenvalue weighted by Gasteiger charge is 2.36. The summed E-state index contributed by atoms with van der Waals surface area (Å²) in [4.78, 5) is 0. The Morgan fingerprint density at radius 1 is 1.25 bits per heavy atom. The van der Waals surface area contributed by atoms with Crippen LogP contribution < -0.4 is 0 Å². The lowest BCUT2D eigenvalue weighted by atomic mass is 9.95. The molecule has 1 saturated carbocycles. The first kappa shape index (κ1) is 10.8. The summed E-state index contributed by atoms with van der Waals surface area (Å²) in [6.45, 7) is 4.52. The van der Waals surface area contributed by atoms with E-state index in [2.05, 4.69) is 26.5 Å². The van der Waals surface area contributed by atoms with Crippen molar-refractivity contribution in [2.24, 2.45) is 5.92 Å². The van der Waals surface area contributed by atoms with E-state index in [0.29, 0.717) is 5.25 Å². The Morgan fingerprint density at radius 2 is 1.75 bits per heavy atom. The highest BCUT2D eigenvalue weighted by Crippen LogP contribution is 2.42. The highest BCUT2D eigenvalue weighted by atomic mass is 32.1. The van der Waals surface area contributed by atoms with Crippen LogP contribution in [0.3, 0.4) is 0 Å². The van der Waals surface area contributed by atoms with Crippen LogP contribution in [0.25, 0.3) is 0 Å². The standard InChI is InChI=1S/C10H20S2/c1-8(2)7-9(11)10(12)5-3-4-6-10/h8-9,11-12H,3-7H2,1-2H3. The third kappa shape index (κ3) is 2.59. The van der Waals surface area contributed by atoms with Crippen LogP contribution in [0.15, 0.2) is 0 Å². The molecule has 0 bridgehead atoms. The van der Waals surface area contributed by atoms with E-state index in [1.807, 2.05) is 0 Å². The average molecular weight is 204 g/mol. The van der Waals surface area contributed by atoms with Crippen molar-refractivity contribution in [2.75, 3.05) is 0 Å². The van der Waals surface area contributed by atoms with Gasteiger partial charge in [-0.2, -0.15) is 25.3 Å². The van der Waals surface area contributed by atoms with Crippen LogP contribution in [0.5, 0.6) is 0 Å². The molecule has 0 N–H and O–H groups in total. The molecule has 1 atom stereocenters. The van der Waals surface area contributed by atoms with Gasteiger partial charge in [-0.15, -0.1) is 0 Å². The molecule has 12 heavy (non-hydrogen) atoms. The predicted molar refractivity (Wildman–Crippen MR) is 62.4 cm³/mol. The predicted octanol–water partition coefficient (Wildman–Crippen LogP) is 3.57. The Bertz CT molecular complexity index is 137. The van der Waals surface area contributed by atoms with Crippen molar-refractivity contribution in [3.8, 4) is 0 Å². The van der Waals surface area contributed by atoms with Crippen LogP contribution in [-0.4, -0.2) is 10.00 Å². The summed E-state index contributed by atoms with van der Waals surface area (Å²) >= 11 is 9.45. The van der Waals surface area contributed by atoms with Gasteiger partial charge < -0.3 is 0 Å². The van der Waals surface area contributed by atoms with E-state index < -0.39 is 0 Å². The van der Waals surface area contributed by atoms with Gasteiger partial charge in [0.2, 0.25) is 0 Å². The van der Waals surface area contributed by atoms with Gasteiger partial charge in [-0.05, 0) is 25.2 Å². The minimum absolute atomic E-state index is 0.243. The fraction of sp³-hybridized carbons (Fsp3) is 1.00. The quantitative estimate of drug-likeness (QED) is 0.645. The lowest BCUT2D eigenvalue weighted by Gasteiger charge is -2.30. The molecule has 0 amide bonds. The van der Waals surface area contributed by atoms with Crippen molar-refractivity contribution in [3.63, 3.8) is 0 Å². The monoisotopic (exact) mass is 204 g/mol. The van der Waals surface area contributed by atoms with E-state index in [-0.39, 0.29) is 4.75 Å². The molecule has 0 aromatic heterocycles. The maximum Gasteiger partial charge on any atom is 0.0246 e. The fourth-order valence-corrected chi connectivity index (χ4v) is 3.09. The summed E-state index contributed by atoms with van der Waals surface area (Å²) in [6.07, 6.45) is 6.41. The molecule has 0 aliphatic heterocycles. The molecule has 0 radical (unpaired) electrons. The number of rotatable bonds is 3. The van der Waals surface area contributed by atoms with Gasteiger partial charge in [0.15, 0.2) is 0 Å². The normalized spacial score (nSPS) is 24.8. The van der Waals surface area contributed by atoms with Gasteiger partial charge in [0, 0.05) is 10.00 Å². The van der Waals surface area contributed by atoms with E-state index in [9.17, 15) is 0 Å². The van der Waals surface area contributed by atoms with Gasteiger partial charge in [0.05, 0.1) is 0 Å². The van der Waals surface area contributed by atoms with E-state index in [1.54, 1.807) is 0 Å². The summed E-state index contributed by atoms with van der Waals surface area (Å²) in [5, 5.41) is 0.489. The van der Waals surface area contributed by atoms with Gasteiger partial charge in [0.1, 0.15) is 0 Å². The Kier molecular flexibility index (Phi) is 3.84. The van der Waals surface area contributed by atoms with Crippen LogP contribution in [0.2, 0.25) is 0 Å². The fourth-order valence-electron chi connectivity index (χ4n) is 1.99. The zero-order valence-corrected chi connectivity index (χ0v) is 9.87. The van der Waals surface area contributed by atoms with Crippen molar-refractivity contribution in [1.82, 2.24) is 0 Å². The Balaban J connectivity index is 2.44. The smallest absolute Gasteiger partial charge is 0.0246 e. The van der Waals surface area contributed by atoms with Gasteiger partial charge >= 0.3 is 0 Å². The molecular weight excluding hydrogens is 184 g/mol. The van der Waals surface area contributed by atoms with Crippen molar-refractivity contribution < 1.29 is 0 Å². The maximum absolute atomic E-state index is 4.77. The largest absolute Gasteiger partial charge is 0.174 e. The molecule has 0 nitrogen and oxygen atoms in total. The van der Waals surface area contributed by atoms with Gasteiger partial charge in [0.25, 0.3) is 0 Å². The van der Waals surface area contributed by atoms with Crippen molar-refractivity contribution in [2.45, 2.75) is 55.9 Å². The summed E-state index contributed by atoms with van der Waals surface area (Å²) in [7, 11) is 0. The van der Waals surface area contributed by atoms with Crippen molar-refractivity contribution in [1.29, 1.82) is 0 Å². The van der Waals surface area contributed by atoms with Crippen molar-refractivity contribution in [3.05, 3.63) is 0 Å². The number of hydrogen-bond donors (Lipinski definition) is 2. The molecular formula is C10H20S2. The third-order valence-electron chi connectivity index (χ3n) is 2.78. The van der Waals surface area contributed by atoms with Crippen LogP contribution in [0.4, 0.5) is 0 Å². The average Bonchev–Trinajstić information content (AvgIpc) is 2.36. The molecule has 0 spiro atoms. The first-order valence-electron chi connectivity index (χ1n) is 4.95. The summed E-state index contributed by atoms with van der Waals surface area (Å²) in [5.74, 6) is 0.747. The molecule has 1 aliphatic rings. The molecule has 0 aromatic carbocycles. The third-order valence-corrected chi connectivity index (χ3v) is 4.45. The molecule has 0 aromatic rings. The SMILES string of the molecule is CC(C)CC(S)C1(S)CCCC1. The second-order valence-electron chi connectivity index (χ2n) is 4.46. The maximum atomic E-state index is 4.77. The number of hydrogen-bond acceptors (Lipinski definition) is 2. The molecule has 0 saturated heterocycles. The topological polar surface area (TPSA) is 0 Å². The van der Waals surface area contributed by atoms with Crippen LogP contribution in [-0.2, 0) is 0 Å². The van der Waals surface area contributed by atoms with E-state index in [0.717, 1.165) is 5.92 Å². The van der Waals surface area contributed by atoms with Gasteiger partial charge in [-0.25, -0.2) is 0 Å². The number of thiol groups is 2. The van der Waals surface area contributed by atoms with Crippen LogP contribution in [0, 0.1) is 5.92 Å². The molecule has 0 heterocycles. The summed E-state index contributed by atoms with van der Waals surface area (Å²) in [6, 6.07) is 0. The first-order valence-corrected chi connectivity index (χ1v) is 5.91.